The van der Waals surface area contributed by atoms with Crippen molar-refractivity contribution in [3.8, 4) is 0 Å². The number of nitrogens with zero attached hydrogens (tertiary/aromatic N) is 4. The summed E-state index contributed by atoms with van der Waals surface area (Å²) in [5.41, 5.74) is 3.18. The number of pyridine rings is 1. The highest BCUT2D eigenvalue weighted by atomic mass is 15.1. The fourth-order valence-corrected chi connectivity index (χ4v) is 2.70. The molecule has 0 saturated carbocycles. The molecular formula is C20H24N6. The van der Waals surface area contributed by atoms with Crippen molar-refractivity contribution >= 4 is 23.0 Å². The summed E-state index contributed by atoms with van der Waals surface area (Å²) in [4.78, 5) is 15.2. The fourth-order valence-electron chi connectivity index (χ4n) is 2.70. The molecule has 0 aliphatic heterocycles. The Labute approximate surface area is 154 Å². The van der Waals surface area contributed by atoms with E-state index in [4.69, 9.17) is 0 Å². The molecule has 0 aliphatic rings. The van der Waals surface area contributed by atoms with E-state index in [1.54, 1.807) is 12.5 Å². The SMILES string of the molecule is CCN(CC)c1ccc(Nc2cc(NCc3ccccn3)ncn2)cc1. The Kier molecular flexibility index (Phi) is 5.98. The third-order valence-corrected chi connectivity index (χ3v) is 4.11. The van der Waals surface area contributed by atoms with Crippen LogP contribution in [0, 0.1) is 0 Å². The second-order valence-electron chi connectivity index (χ2n) is 5.81. The van der Waals surface area contributed by atoms with E-state index in [0.717, 1.165) is 36.1 Å². The summed E-state index contributed by atoms with van der Waals surface area (Å²) in [6.45, 7) is 6.95. The first-order chi connectivity index (χ1) is 12.8. The van der Waals surface area contributed by atoms with Gasteiger partial charge in [0, 0.05) is 36.7 Å². The molecule has 0 bridgehead atoms. The zero-order chi connectivity index (χ0) is 18.2. The van der Waals surface area contributed by atoms with Gasteiger partial charge < -0.3 is 15.5 Å². The zero-order valence-electron chi connectivity index (χ0n) is 15.2. The first kappa shape index (κ1) is 17.7. The minimum Gasteiger partial charge on any atom is -0.372 e. The van der Waals surface area contributed by atoms with E-state index in [-0.39, 0.29) is 0 Å². The summed E-state index contributed by atoms with van der Waals surface area (Å²) in [5, 5.41) is 6.59. The van der Waals surface area contributed by atoms with E-state index in [2.05, 4.69) is 68.6 Å². The molecule has 2 N–H and O–H groups in total. The molecule has 2 heterocycles. The van der Waals surface area contributed by atoms with Crippen LogP contribution in [0.4, 0.5) is 23.0 Å². The summed E-state index contributed by atoms with van der Waals surface area (Å²) in [5.74, 6) is 1.51. The lowest BCUT2D eigenvalue weighted by Crippen LogP contribution is -2.21. The quantitative estimate of drug-likeness (QED) is 0.640. The average molecular weight is 348 g/mol. The first-order valence-electron chi connectivity index (χ1n) is 8.86. The van der Waals surface area contributed by atoms with Crippen LogP contribution in [0.1, 0.15) is 19.5 Å². The van der Waals surface area contributed by atoms with E-state index in [1.165, 1.54) is 5.69 Å². The number of hydrogen-bond donors (Lipinski definition) is 2. The van der Waals surface area contributed by atoms with Crippen molar-refractivity contribution < 1.29 is 0 Å². The highest BCUT2D eigenvalue weighted by Gasteiger charge is 2.03. The number of nitrogens with one attached hydrogen (secondary N) is 2. The predicted octanol–water partition coefficient (Wildman–Crippen LogP) is 4.07. The van der Waals surface area contributed by atoms with Crippen LogP contribution in [0.5, 0.6) is 0 Å². The maximum Gasteiger partial charge on any atom is 0.135 e. The van der Waals surface area contributed by atoms with Gasteiger partial charge in [-0.15, -0.1) is 0 Å². The van der Waals surface area contributed by atoms with Crippen LogP contribution in [0.15, 0.2) is 61.1 Å². The van der Waals surface area contributed by atoms with Crippen LogP contribution in [0.25, 0.3) is 0 Å². The van der Waals surface area contributed by atoms with E-state index >= 15 is 0 Å². The van der Waals surface area contributed by atoms with Crippen LogP contribution >= 0.6 is 0 Å². The molecule has 0 unspecified atom stereocenters. The Bertz CT molecular complexity index is 800. The van der Waals surface area contributed by atoms with Gasteiger partial charge in [-0.2, -0.15) is 0 Å². The summed E-state index contributed by atoms with van der Waals surface area (Å²) < 4.78 is 0. The van der Waals surface area contributed by atoms with Crippen molar-refractivity contribution in [1.82, 2.24) is 15.0 Å². The lowest BCUT2D eigenvalue weighted by Gasteiger charge is -2.21. The van der Waals surface area contributed by atoms with Crippen molar-refractivity contribution in [1.29, 1.82) is 0 Å². The second-order valence-corrected chi connectivity index (χ2v) is 5.81. The molecule has 3 rings (SSSR count). The molecule has 0 saturated heterocycles. The second kappa shape index (κ2) is 8.80. The highest BCUT2D eigenvalue weighted by Crippen LogP contribution is 2.21. The predicted molar refractivity (Wildman–Crippen MR) is 107 cm³/mol. The maximum absolute atomic E-state index is 4.29. The number of hydrogen-bond acceptors (Lipinski definition) is 6. The number of anilines is 4. The van der Waals surface area contributed by atoms with Gasteiger partial charge in [-0.3, -0.25) is 4.98 Å². The molecule has 0 fully saturated rings. The molecule has 2 aromatic heterocycles. The largest absolute Gasteiger partial charge is 0.372 e. The summed E-state index contributed by atoms with van der Waals surface area (Å²) in [6.07, 6.45) is 3.33. The number of rotatable bonds is 8. The molecule has 0 aliphatic carbocycles. The van der Waals surface area contributed by atoms with Crippen LogP contribution in [0.3, 0.4) is 0 Å². The summed E-state index contributed by atoms with van der Waals surface area (Å²) in [6, 6.07) is 16.1. The molecule has 26 heavy (non-hydrogen) atoms. The Morgan fingerprint density at radius 3 is 2.35 bits per heavy atom. The normalized spacial score (nSPS) is 10.4. The van der Waals surface area contributed by atoms with Gasteiger partial charge in [0.2, 0.25) is 0 Å². The Balaban J connectivity index is 1.63. The van der Waals surface area contributed by atoms with Crippen LogP contribution in [-0.2, 0) is 6.54 Å². The van der Waals surface area contributed by atoms with Gasteiger partial charge in [-0.25, -0.2) is 9.97 Å². The Hall–Kier alpha value is -3.15. The van der Waals surface area contributed by atoms with Gasteiger partial charge >= 0.3 is 0 Å². The highest BCUT2D eigenvalue weighted by molar-refractivity contribution is 5.62. The molecule has 6 nitrogen and oxygen atoms in total. The van der Waals surface area contributed by atoms with Gasteiger partial charge in [0.25, 0.3) is 0 Å². The molecule has 1 aromatic carbocycles. The van der Waals surface area contributed by atoms with Crippen LogP contribution < -0.4 is 15.5 Å². The minimum absolute atomic E-state index is 0.621. The molecule has 134 valence electrons. The average Bonchev–Trinajstić information content (AvgIpc) is 2.70. The third kappa shape index (κ3) is 4.69. The molecule has 0 radical (unpaired) electrons. The summed E-state index contributed by atoms with van der Waals surface area (Å²) in [7, 11) is 0. The minimum atomic E-state index is 0.621. The lowest BCUT2D eigenvalue weighted by atomic mass is 10.2. The van der Waals surface area contributed by atoms with Crippen molar-refractivity contribution in [2.45, 2.75) is 20.4 Å². The van der Waals surface area contributed by atoms with Crippen LogP contribution in [-0.4, -0.2) is 28.0 Å². The molecule has 0 spiro atoms. The molecule has 6 heteroatoms. The zero-order valence-corrected chi connectivity index (χ0v) is 15.2. The van der Waals surface area contributed by atoms with E-state index in [1.807, 2.05) is 24.3 Å². The van der Waals surface area contributed by atoms with E-state index in [0.29, 0.717) is 6.54 Å². The lowest BCUT2D eigenvalue weighted by molar-refractivity contribution is 0.866. The van der Waals surface area contributed by atoms with Gasteiger partial charge in [0.05, 0.1) is 12.2 Å². The maximum atomic E-state index is 4.29. The van der Waals surface area contributed by atoms with Crippen molar-refractivity contribution in [3.05, 3.63) is 66.7 Å². The van der Waals surface area contributed by atoms with Gasteiger partial charge in [-0.1, -0.05) is 6.07 Å². The molecule has 3 aromatic rings. The first-order valence-corrected chi connectivity index (χ1v) is 8.86. The number of benzene rings is 1. The Morgan fingerprint density at radius 2 is 1.65 bits per heavy atom. The third-order valence-electron chi connectivity index (χ3n) is 4.11. The Morgan fingerprint density at radius 1 is 0.885 bits per heavy atom. The summed E-state index contributed by atoms with van der Waals surface area (Å²) >= 11 is 0. The van der Waals surface area contributed by atoms with Crippen LogP contribution in [0.2, 0.25) is 0 Å². The van der Waals surface area contributed by atoms with Gasteiger partial charge in [0.15, 0.2) is 0 Å². The topological polar surface area (TPSA) is 66.0 Å². The van der Waals surface area contributed by atoms with Crippen molar-refractivity contribution in [2.75, 3.05) is 28.6 Å². The standard InChI is InChI=1S/C20H24N6/c1-3-26(4-2)18-10-8-16(9-11-18)25-20-13-19(23-15-24-20)22-14-17-7-5-6-12-21-17/h5-13,15H,3-4,14H2,1-2H3,(H2,22,23,24,25). The van der Waals surface area contributed by atoms with Gasteiger partial charge in [-0.05, 0) is 50.2 Å². The fraction of sp³-hybridized carbons (Fsp3) is 0.250. The van der Waals surface area contributed by atoms with E-state index in [9.17, 15) is 0 Å². The molecule has 0 atom stereocenters. The molecular weight excluding hydrogens is 324 g/mol. The smallest absolute Gasteiger partial charge is 0.135 e. The van der Waals surface area contributed by atoms with Gasteiger partial charge in [0.1, 0.15) is 18.0 Å². The number of aromatic nitrogens is 3. The van der Waals surface area contributed by atoms with E-state index < -0.39 is 0 Å². The van der Waals surface area contributed by atoms with Crippen molar-refractivity contribution in [2.24, 2.45) is 0 Å². The monoisotopic (exact) mass is 348 g/mol. The van der Waals surface area contributed by atoms with Crippen molar-refractivity contribution in [3.63, 3.8) is 0 Å². The molecule has 0 amide bonds.